The van der Waals surface area contributed by atoms with Crippen LogP contribution in [0.1, 0.15) is 24.8 Å². The van der Waals surface area contributed by atoms with Crippen LogP contribution in [0.5, 0.6) is 0 Å². The highest BCUT2D eigenvalue weighted by molar-refractivity contribution is 7.89. The van der Waals surface area contributed by atoms with Crippen molar-refractivity contribution in [1.29, 1.82) is 0 Å². The largest absolute Gasteiger partial charge is 0.468 e. The fourth-order valence-corrected chi connectivity index (χ4v) is 3.89. The molecule has 0 bridgehead atoms. The molecule has 2 aliphatic heterocycles. The Balaban J connectivity index is 1.81. The summed E-state index contributed by atoms with van der Waals surface area (Å²) in [7, 11) is -3.60. The summed E-state index contributed by atoms with van der Waals surface area (Å²) in [4.78, 5) is 0.249. The lowest BCUT2D eigenvalue weighted by Crippen LogP contribution is -2.53. The Bertz CT molecular complexity index is 630. The van der Waals surface area contributed by atoms with Crippen molar-refractivity contribution in [3.05, 3.63) is 42.2 Å². The van der Waals surface area contributed by atoms with Crippen LogP contribution in [-0.2, 0) is 19.5 Å². The molecule has 2 aliphatic rings. The fourth-order valence-electron chi connectivity index (χ4n) is 2.66. The van der Waals surface area contributed by atoms with E-state index in [1.165, 1.54) is 6.26 Å². The van der Waals surface area contributed by atoms with Gasteiger partial charge in [-0.2, -0.15) is 4.72 Å². The van der Waals surface area contributed by atoms with Crippen molar-refractivity contribution < 1.29 is 17.9 Å². The highest BCUT2D eigenvalue weighted by Crippen LogP contribution is 2.35. The summed E-state index contributed by atoms with van der Waals surface area (Å²) in [5, 5.41) is 0. The Morgan fingerprint density at radius 3 is 2.67 bits per heavy atom. The van der Waals surface area contributed by atoms with E-state index in [0.29, 0.717) is 13.0 Å². The van der Waals surface area contributed by atoms with E-state index in [2.05, 4.69) is 4.72 Å². The lowest BCUT2D eigenvalue weighted by molar-refractivity contribution is -0.224. The topological polar surface area (TPSA) is 64.6 Å². The standard InChI is InChI=1S/C15H19NO4S/c1-12-4-6-13(7-5-12)21(17,18)16-14-8-11-20-15(14)9-2-3-10-19-15/h4-8,11,14,16H,2-3,9-10H2,1H3/t14-,15-/m0/s1. The van der Waals surface area contributed by atoms with E-state index >= 15 is 0 Å². The fraction of sp³-hybridized carbons (Fsp3) is 0.467. The zero-order valence-corrected chi connectivity index (χ0v) is 12.7. The second-order valence-corrected chi connectivity index (χ2v) is 7.19. The Morgan fingerprint density at radius 1 is 1.24 bits per heavy atom. The number of ether oxygens (including phenoxy) is 2. The van der Waals surface area contributed by atoms with E-state index in [1.807, 2.05) is 6.92 Å². The molecule has 1 aromatic carbocycles. The lowest BCUT2D eigenvalue weighted by atomic mass is 10.00. The summed E-state index contributed by atoms with van der Waals surface area (Å²) in [5.41, 5.74) is 1.02. The van der Waals surface area contributed by atoms with Gasteiger partial charge in [-0.3, -0.25) is 0 Å². The smallest absolute Gasteiger partial charge is 0.241 e. The summed E-state index contributed by atoms with van der Waals surface area (Å²) in [6, 6.07) is 6.27. The molecule has 2 heterocycles. The summed E-state index contributed by atoms with van der Waals surface area (Å²) in [5.74, 6) is -0.879. The molecule has 0 saturated carbocycles. The number of hydrogen-bond acceptors (Lipinski definition) is 4. The maximum absolute atomic E-state index is 12.5. The molecule has 6 heteroatoms. The number of rotatable bonds is 3. The van der Waals surface area contributed by atoms with E-state index < -0.39 is 21.9 Å². The van der Waals surface area contributed by atoms with Gasteiger partial charge < -0.3 is 9.47 Å². The van der Waals surface area contributed by atoms with Crippen molar-refractivity contribution in [2.75, 3.05) is 6.61 Å². The van der Waals surface area contributed by atoms with Crippen LogP contribution in [0.3, 0.4) is 0 Å². The summed E-state index contributed by atoms with van der Waals surface area (Å²) in [6.45, 7) is 2.51. The maximum atomic E-state index is 12.5. The van der Waals surface area contributed by atoms with Gasteiger partial charge in [-0.1, -0.05) is 17.7 Å². The molecule has 1 spiro atoms. The van der Waals surface area contributed by atoms with Crippen molar-refractivity contribution in [2.24, 2.45) is 0 Å². The van der Waals surface area contributed by atoms with E-state index in [1.54, 1.807) is 30.3 Å². The maximum Gasteiger partial charge on any atom is 0.241 e. The summed E-state index contributed by atoms with van der Waals surface area (Å²) >= 11 is 0. The molecule has 0 amide bonds. The number of sulfonamides is 1. The molecule has 3 rings (SSSR count). The van der Waals surface area contributed by atoms with Gasteiger partial charge in [0.1, 0.15) is 6.04 Å². The number of benzene rings is 1. The van der Waals surface area contributed by atoms with Gasteiger partial charge in [0.2, 0.25) is 15.8 Å². The van der Waals surface area contributed by atoms with Gasteiger partial charge in [0.25, 0.3) is 0 Å². The minimum atomic E-state index is -3.60. The van der Waals surface area contributed by atoms with Crippen molar-refractivity contribution in [3.63, 3.8) is 0 Å². The van der Waals surface area contributed by atoms with Gasteiger partial charge in [-0.05, 0) is 38.0 Å². The third-order valence-electron chi connectivity index (χ3n) is 3.89. The van der Waals surface area contributed by atoms with E-state index in [4.69, 9.17) is 9.47 Å². The van der Waals surface area contributed by atoms with Crippen molar-refractivity contribution in [2.45, 2.75) is 42.9 Å². The quantitative estimate of drug-likeness (QED) is 0.928. The zero-order chi connectivity index (χ0) is 14.9. The average molecular weight is 309 g/mol. The van der Waals surface area contributed by atoms with E-state index in [-0.39, 0.29) is 4.90 Å². The molecule has 0 unspecified atom stereocenters. The van der Waals surface area contributed by atoms with Crippen LogP contribution in [0.2, 0.25) is 0 Å². The van der Waals surface area contributed by atoms with Crippen molar-refractivity contribution >= 4 is 10.0 Å². The van der Waals surface area contributed by atoms with E-state index in [0.717, 1.165) is 18.4 Å². The summed E-state index contributed by atoms with van der Waals surface area (Å²) in [6.07, 6.45) is 5.85. The second-order valence-electron chi connectivity index (χ2n) is 5.48. The summed E-state index contributed by atoms with van der Waals surface area (Å²) < 4.78 is 38.9. The van der Waals surface area contributed by atoms with Crippen LogP contribution in [0, 0.1) is 6.92 Å². The molecule has 1 aromatic rings. The molecular formula is C15H19NO4S. The van der Waals surface area contributed by atoms with Crippen molar-refractivity contribution in [3.8, 4) is 0 Å². The second kappa shape index (κ2) is 5.44. The molecule has 0 radical (unpaired) electrons. The normalized spacial score (nSPS) is 28.7. The van der Waals surface area contributed by atoms with Crippen LogP contribution in [0.25, 0.3) is 0 Å². The number of aryl methyl sites for hydroxylation is 1. The Kier molecular flexibility index (Phi) is 3.77. The zero-order valence-electron chi connectivity index (χ0n) is 11.9. The van der Waals surface area contributed by atoms with E-state index in [9.17, 15) is 8.42 Å². The molecule has 0 aliphatic carbocycles. The van der Waals surface area contributed by atoms with Crippen LogP contribution in [-0.4, -0.2) is 26.9 Å². The molecule has 5 nitrogen and oxygen atoms in total. The molecule has 114 valence electrons. The van der Waals surface area contributed by atoms with Crippen LogP contribution in [0.15, 0.2) is 41.5 Å². The molecule has 0 aromatic heterocycles. The highest BCUT2D eigenvalue weighted by Gasteiger charge is 2.46. The highest BCUT2D eigenvalue weighted by atomic mass is 32.2. The number of hydrogen-bond donors (Lipinski definition) is 1. The molecule has 2 atom stereocenters. The molecule has 1 N–H and O–H groups in total. The van der Waals surface area contributed by atoms with Gasteiger partial charge in [0.05, 0.1) is 17.8 Å². The van der Waals surface area contributed by atoms with Gasteiger partial charge in [-0.15, -0.1) is 0 Å². The SMILES string of the molecule is Cc1ccc(S(=O)(=O)N[C@H]2C=CO[C@@]23CCCCO3)cc1. The third kappa shape index (κ3) is 2.84. The van der Waals surface area contributed by atoms with Crippen LogP contribution < -0.4 is 4.72 Å². The van der Waals surface area contributed by atoms with Gasteiger partial charge in [0.15, 0.2) is 0 Å². The number of nitrogens with one attached hydrogen (secondary N) is 1. The minimum Gasteiger partial charge on any atom is -0.468 e. The molecule has 1 fully saturated rings. The Labute approximate surface area is 125 Å². The predicted octanol–water partition coefficient (Wildman–Crippen LogP) is 2.08. The van der Waals surface area contributed by atoms with Gasteiger partial charge in [0, 0.05) is 6.42 Å². The first-order chi connectivity index (χ1) is 10.0. The first-order valence-corrected chi connectivity index (χ1v) is 8.58. The average Bonchev–Trinajstić information content (AvgIpc) is 2.82. The predicted molar refractivity (Wildman–Crippen MR) is 78.0 cm³/mol. The first kappa shape index (κ1) is 14.6. The Hall–Kier alpha value is -1.37. The molecule has 21 heavy (non-hydrogen) atoms. The molecular weight excluding hydrogens is 290 g/mol. The van der Waals surface area contributed by atoms with Gasteiger partial charge >= 0.3 is 0 Å². The third-order valence-corrected chi connectivity index (χ3v) is 5.35. The first-order valence-electron chi connectivity index (χ1n) is 7.09. The van der Waals surface area contributed by atoms with Gasteiger partial charge in [-0.25, -0.2) is 8.42 Å². The van der Waals surface area contributed by atoms with Crippen LogP contribution >= 0.6 is 0 Å². The lowest BCUT2D eigenvalue weighted by Gasteiger charge is -2.37. The molecule has 1 saturated heterocycles. The monoisotopic (exact) mass is 309 g/mol. The van der Waals surface area contributed by atoms with Crippen molar-refractivity contribution in [1.82, 2.24) is 4.72 Å². The Morgan fingerprint density at radius 2 is 2.00 bits per heavy atom. The minimum absolute atomic E-state index is 0.249. The van der Waals surface area contributed by atoms with Crippen LogP contribution in [0.4, 0.5) is 0 Å².